The van der Waals surface area contributed by atoms with E-state index in [1.54, 1.807) is 0 Å². The zero-order valence-electron chi connectivity index (χ0n) is 12.0. The summed E-state index contributed by atoms with van der Waals surface area (Å²) in [6.45, 7) is 6.86. The molecule has 2 rings (SSSR count). The van der Waals surface area contributed by atoms with Gasteiger partial charge in [0.15, 0.2) is 0 Å². The number of hydrogen-bond donors (Lipinski definition) is 1. The predicted octanol–water partition coefficient (Wildman–Crippen LogP) is 4.98. The lowest BCUT2D eigenvalue weighted by molar-refractivity contribution is 0.173. The van der Waals surface area contributed by atoms with Crippen molar-refractivity contribution in [3.8, 4) is 0 Å². The van der Waals surface area contributed by atoms with Gasteiger partial charge in [0.05, 0.1) is 0 Å². The van der Waals surface area contributed by atoms with Crippen molar-refractivity contribution in [2.75, 3.05) is 5.32 Å². The highest BCUT2D eigenvalue weighted by Crippen LogP contribution is 2.38. The molecule has 1 aliphatic rings. The van der Waals surface area contributed by atoms with Crippen LogP contribution in [-0.2, 0) is 0 Å². The molecule has 0 atom stereocenters. The molecular formula is C16H23F2N. The van der Waals surface area contributed by atoms with E-state index in [1.807, 2.05) is 0 Å². The van der Waals surface area contributed by atoms with Crippen LogP contribution < -0.4 is 5.32 Å². The Labute approximate surface area is 114 Å². The van der Waals surface area contributed by atoms with Crippen molar-refractivity contribution in [1.82, 2.24) is 0 Å². The molecule has 1 aromatic rings. The highest BCUT2D eigenvalue weighted by atomic mass is 19.1. The van der Waals surface area contributed by atoms with Crippen LogP contribution in [0.2, 0.25) is 0 Å². The highest BCUT2D eigenvalue weighted by molar-refractivity contribution is 5.44. The molecule has 0 spiro atoms. The lowest BCUT2D eigenvalue weighted by Gasteiger charge is -2.37. The van der Waals surface area contributed by atoms with Crippen molar-refractivity contribution in [1.29, 1.82) is 0 Å². The van der Waals surface area contributed by atoms with Crippen molar-refractivity contribution >= 4 is 5.69 Å². The van der Waals surface area contributed by atoms with Crippen LogP contribution >= 0.6 is 0 Å². The van der Waals surface area contributed by atoms with Crippen molar-refractivity contribution in [3.05, 3.63) is 29.8 Å². The van der Waals surface area contributed by atoms with E-state index >= 15 is 0 Å². The topological polar surface area (TPSA) is 12.0 Å². The summed E-state index contributed by atoms with van der Waals surface area (Å²) in [5.41, 5.74) is 0.910. The molecule has 0 bridgehead atoms. The van der Waals surface area contributed by atoms with E-state index in [1.165, 1.54) is 25.0 Å². The Morgan fingerprint density at radius 1 is 0.947 bits per heavy atom. The zero-order chi connectivity index (χ0) is 14.0. The van der Waals surface area contributed by atoms with Crippen LogP contribution in [0.1, 0.15) is 46.5 Å². The molecule has 0 unspecified atom stereocenters. The normalized spacial score (nSPS) is 24.3. The van der Waals surface area contributed by atoms with Crippen molar-refractivity contribution in [3.63, 3.8) is 0 Å². The molecule has 0 saturated heterocycles. The van der Waals surface area contributed by atoms with Gasteiger partial charge in [0.2, 0.25) is 0 Å². The summed E-state index contributed by atoms with van der Waals surface area (Å²) in [7, 11) is 0. The Morgan fingerprint density at radius 3 is 1.95 bits per heavy atom. The van der Waals surface area contributed by atoms with Crippen molar-refractivity contribution < 1.29 is 8.78 Å². The van der Waals surface area contributed by atoms with E-state index in [0.717, 1.165) is 24.8 Å². The first-order valence-corrected chi connectivity index (χ1v) is 7.07. The molecule has 1 nitrogen and oxygen atoms in total. The molecule has 0 heterocycles. The van der Waals surface area contributed by atoms with Gasteiger partial charge in [-0.3, -0.25) is 0 Å². The highest BCUT2D eigenvalue weighted by Gasteiger charge is 2.29. The minimum absolute atomic E-state index is 0.333. The van der Waals surface area contributed by atoms with Gasteiger partial charge in [-0.1, -0.05) is 20.8 Å². The number of nitrogens with one attached hydrogen (secondary N) is 1. The van der Waals surface area contributed by atoms with E-state index in [2.05, 4.69) is 26.1 Å². The number of anilines is 1. The Kier molecular flexibility index (Phi) is 4.12. The Bertz CT molecular complexity index is 409. The second kappa shape index (κ2) is 5.48. The van der Waals surface area contributed by atoms with Crippen molar-refractivity contribution in [2.45, 2.75) is 52.5 Å². The summed E-state index contributed by atoms with van der Waals surface area (Å²) in [6, 6.07) is 3.96. The lowest BCUT2D eigenvalue weighted by atomic mass is 9.71. The summed E-state index contributed by atoms with van der Waals surface area (Å²) in [4.78, 5) is 0. The van der Waals surface area contributed by atoms with Gasteiger partial charge in [0.1, 0.15) is 11.6 Å². The van der Waals surface area contributed by atoms with Gasteiger partial charge in [-0.15, -0.1) is 0 Å². The first kappa shape index (κ1) is 14.3. The molecule has 1 fully saturated rings. The third-order valence-corrected chi connectivity index (χ3v) is 4.19. The smallest absolute Gasteiger partial charge is 0.128 e. The third-order valence-electron chi connectivity index (χ3n) is 4.19. The maximum atomic E-state index is 13.1. The van der Waals surface area contributed by atoms with Gasteiger partial charge in [-0.05, 0) is 49.1 Å². The Hall–Kier alpha value is -1.12. The molecule has 0 radical (unpaired) electrons. The fraction of sp³-hybridized carbons (Fsp3) is 0.625. The minimum Gasteiger partial charge on any atom is -0.382 e. The molecule has 1 saturated carbocycles. The maximum absolute atomic E-state index is 13.1. The van der Waals surface area contributed by atoms with Crippen LogP contribution in [0.4, 0.5) is 14.5 Å². The standard InChI is InChI=1S/C16H23F2N/c1-16(2,3)11-4-6-14(7-5-11)19-15-9-12(17)8-13(18)10-15/h8-11,14,19H,4-7H2,1-3H3. The van der Waals surface area contributed by atoms with E-state index in [0.29, 0.717) is 17.1 Å². The van der Waals surface area contributed by atoms with Gasteiger partial charge in [-0.25, -0.2) is 8.78 Å². The molecule has 0 aliphatic heterocycles. The van der Waals surface area contributed by atoms with Gasteiger partial charge in [0.25, 0.3) is 0 Å². The molecule has 1 aromatic carbocycles. The monoisotopic (exact) mass is 267 g/mol. The van der Waals surface area contributed by atoms with E-state index < -0.39 is 11.6 Å². The Morgan fingerprint density at radius 2 is 1.47 bits per heavy atom. The maximum Gasteiger partial charge on any atom is 0.128 e. The Balaban J connectivity index is 1.92. The predicted molar refractivity (Wildman–Crippen MR) is 75.2 cm³/mol. The van der Waals surface area contributed by atoms with Gasteiger partial charge in [-0.2, -0.15) is 0 Å². The lowest BCUT2D eigenvalue weighted by Crippen LogP contribution is -2.31. The molecule has 0 aromatic heterocycles. The SMILES string of the molecule is CC(C)(C)C1CCC(Nc2cc(F)cc(F)c2)CC1. The largest absolute Gasteiger partial charge is 0.382 e. The van der Waals surface area contributed by atoms with Crippen LogP contribution in [0.5, 0.6) is 0 Å². The third kappa shape index (κ3) is 3.92. The molecular weight excluding hydrogens is 244 g/mol. The second-order valence-corrected chi connectivity index (χ2v) is 6.72. The number of hydrogen-bond acceptors (Lipinski definition) is 1. The van der Waals surface area contributed by atoms with Crippen LogP contribution in [0, 0.1) is 23.0 Å². The average Bonchev–Trinajstić information content (AvgIpc) is 2.26. The first-order chi connectivity index (χ1) is 8.84. The quantitative estimate of drug-likeness (QED) is 0.796. The minimum atomic E-state index is -0.522. The summed E-state index contributed by atoms with van der Waals surface area (Å²) >= 11 is 0. The van der Waals surface area contributed by atoms with Gasteiger partial charge in [0, 0.05) is 17.8 Å². The number of rotatable bonds is 2. The van der Waals surface area contributed by atoms with Crippen LogP contribution in [0.25, 0.3) is 0 Å². The molecule has 0 amide bonds. The summed E-state index contributed by atoms with van der Waals surface area (Å²) in [6.07, 6.45) is 4.50. The number of benzene rings is 1. The van der Waals surface area contributed by atoms with Crippen molar-refractivity contribution in [2.24, 2.45) is 11.3 Å². The second-order valence-electron chi connectivity index (χ2n) is 6.72. The van der Waals surface area contributed by atoms with E-state index in [4.69, 9.17) is 0 Å². The molecule has 1 aliphatic carbocycles. The fourth-order valence-corrected chi connectivity index (χ4v) is 2.98. The van der Waals surface area contributed by atoms with Gasteiger partial charge >= 0.3 is 0 Å². The first-order valence-electron chi connectivity index (χ1n) is 7.07. The van der Waals surface area contributed by atoms with Crippen LogP contribution in [0.15, 0.2) is 18.2 Å². The molecule has 106 valence electrons. The fourth-order valence-electron chi connectivity index (χ4n) is 2.98. The zero-order valence-corrected chi connectivity index (χ0v) is 12.0. The number of halogens is 2. The van der Waals surface area contributed by atoms with Crippen LogP contribution in [-0.4, -0.2) is 6.04 Å². The molecule has 19 heavy (non-hydrogen) atoms. The molecule has 1 N–H and O–H groups in total. The molecule has 3 heteroatoms. The van der Waals surface area contributed by atoms with E-state index in [-0.39, 0.29) is 0 Å². The van der Waals surface area contributed by atoms with E-state index in [9.17, 15) is 8.78 Å². The summed E-state index contributed by atoms with van der Waals surface area (Å²) < 4.78 is 26.2. The average molecular weight is 267 g/mol. The summed E-state index contributed by atoms with van der Waals surface area (Å²) in [5.74, 6) is -0.299. The summed E-state index contributed by atoms with van der Waals surface area (Å²) in [5, 5.41) is 3.25. The van der Waals surface area contributed by atoms with Crippen LogP contribution in [0.3, 0.4) is 0 Å². The van der Waals surface area contributed by atoms with Gasteiger partial charge < -0.3 is 5.32 Å².